The number of halogens is 1. The van der Waals surface area contributed by atoms with Gasteiger partial charge in [-0.3, -0.25) is 4.98 Å². The summed E-state index contributed by atoms with van der Waals surface area (Å²) in [4.78, 5) is 12.8. The van der Waals surface area contributed by atoms with E-state index < -0.39 is 5.82 Å². The van der Waals surface area contributed by atoms with Crippen molar-refractivity contribution >= 4 is 16.7 Å². The van der Waals surface area contributed by atoms with Gasteiger partial charge in [-0.15, -0.1) is 0 Å². The number of fused-ring (bicyclic) bond motifs is 1. The van der Waals surface area contributed by atoms with Crippen LogP contribution in [0.5, 0.6) is 0 Å². The van der Waals surface area contributed by atoms with Gasteiger partial charge in [0.15, 0.2) is 17.5 Å². The van der Waals surface area contributed by atoms with Crippen LogP contribution < -0.4 is 5.32 Å². The van der Waals surface area contributed by atoms with Crippen molar-refractivity contribution < 1.29 is 4.39 Å². The summed E-state index contributed by atoms with van der Waals surface area (Å²) in [5.41, 5.74) is 1.91. The number of para-hydroxylation sites is 1. The van der Waals surface area contributed by atoms with E-state index in [9.17, 15) is 4.39 Å². The molecule has 2 aromatic heterocycles. The minimum atomic E-state index is -0.426. The molecule has 5 heteroatoms. The Morgan fingerprint density at radius 3 is 2.70 bits per heavy atom. The number of hydrogen-bond acceptors (Lipinski definition) is 4. The van der Waals surface area contributed by atoms with Crippen LogP contribution in [0.25, 0.3) is 22.3 Å². The first-order chi connectivity index (χ1) is 9.70. The fourth-order valence-electron chi connectivity index (χ4n) is 2.13. The molecule has 0 bridgehead atoms. The average molecular weight is 268 g/mol. The minimum absolute atomic E-state index is 0.195. The van der Waals surface area contributed by atoms with Crippen LogP contribution in [0.3, 0.4) is 0 Å². The van der Waals surface area contributed by atoms with E-state index in [1.807, 2.05) is 30.3 Å². The molecule has 0 spiro atoms. The van der Waals surface area contributed by atoms with Gasteiger partial charge in [0.25, 0.3) is 0 Å². The van der Waals surface area contributed by atoms with E-state index in [2.05, 4.69) is 20.3 Å². The highest BCUT2D eigenvalue weighted by Gasteiger charge is 2.13. The monoisotopic (exact) mass is 268 g/mol. The number of aryl methyl sites for hydroxylation is 1. The summed E-state index contributed by atoms with van der Waals surface area (Å²) in [6.07, 6.45) is 1.72. The maximum atomic E-state index is 13.8. The van der Waals surface area contributed by atoms with E-state index in [0.717, 1.165) is 16.5 Å². The van der Waals surface area contributed by atoms with Crippen molar-refractivity contribution in [3.63, 3.8) is 0 Å². The molecule has 0 unspecified atom stereocenters. The fourth-order valence-corrected chi connectivity index (χ4v) is 2.13. The Labute approximate surface area is 115 Å². The zero-order chi connectivity index (χ0) is 14.1. The first-order valence-electron chi connectivity index (χ1n) is 6.26. The number of pyridine rings is 1. The molecule has 0 fully saturated rings. The SMILES string of the molecule is CNc1nc(-c2cccc3cccnc23)nc(C)c1F. The summed E-state index contributed by atoms with van der Waals surface area (Å²) in [5, 5.41) is 3.75. The van der Waals surface area contributed by atoms with Crippen LogP contribution in [0.1, 0.15) is 5.69 Å². The van der Waals surface area contributed by atoms with Gasteiger partial charge in [-0.1, -0.05) is 18.2 Å². The van der Waals surface area contributed by atoms with Gasteiger partial charge < -0.3 is 5.32 Å². The molecule has 0 aliphatic heterocycles. The predicted octanol–water partition coefficient (Wildman–Crippen LogP) is 3.18. The summed E-state index contributed by atoms with van der Waals surface area (Å²) in [6, 6.07) is 9.63. The number of rotatable bonds is 2. The van der Waals surface area contributed by atoms with Gasteiger partial charge in [0.05, 0.1) is 11.2 Å². The quantitative estimate of drug-likeness (QED) is 0.775. The molecule has 2 heterocycles. The standard InChI is InChI=1S/C15H13FN4/c1-9-12(16)15(17-2)20-14(19-9)11-7-3-5-10-6-4-8-18-13(10)11/h3-8H,1-2H3,(H,17,19,20). The van der Waals surface area contributed by atoms with Gasteiger partial charge >= 0.3 is 0 Å². The summed E-state index contributed by atoms with van der Waals surface area (Å²) in [6.45, 7) is 1.62. The van der Waals surface area contributed by atoms with Crippen LogP contribution >= 0.6 is 0 Å². The average Bonchev–Trinajstić information content (AvgIpc) is 2.49. The Bertz CT molecular complexity index is 781. The molecule has 3 aromatic rings. The van der Waals surface area contributed by atoms with Crippen molar-refractivity contribution in [2.75, 3.05) is 12.4 Å². The van der Waals surface area contributed by atoms with E-state index in [1.54, 1.807) is 20.2 Å². The third kappa shape index (κ3) is 1.97. The first kappa shape index (κ1) is 12.5. The molecule has 0 radical (unpaired) electrons. The highest BCUT2D eigenvalue weighted by Crippen LogP contribution is 2.26. The van der Waals surface area contributed by atoms with E-state index in [1.165, 1.54) is 0 Å². The van der Waals surface area contributed by atoms with Gasteiger partial charge in [-0.25, -0.2) is 14.4 Å². The van der Waals surface area contributed by atoms with Crippen LogP contribution in [-0.2, 0) is 0 Å². The Balaban J connectivity index is 2.28. The van der Waals surface area contributed by atoms with Crippen molar-refractivity contribution in [1.82, 2.24) is 15.0 Å². The molecule has 0 aliphatic rings. The number of nitrogens with one attached hydrogen (secondary N) is 1. The lowest BCUT2D eigenvalue weighted by Crippen LogP contribution is -2.03. The van der Waals surface area contributed by atoms with Crippen molar-refractivity contribution in [3.8, 4) is 11.4 Å². The van der Waals surface area contributed by atoms with Crippen molar-refractivity contribution in [2.45, 2.75) is 6.92 Å². The lowest BCUT2D eigenvalue weighted by molar-refractivity contribution is 0.607. The smallest absolute Gasteiger partial charge is 0.186 e. The molecule has 100 valence electrons. The molecule has 4 nitrogen and oxygen atoms in total. The second-order valence-corrected chi connectivity index (χ2v) is 4.43. The molecule has 3 rings (SSSR count). The highest BCUT2D eigenvalue weighted by molar-refractivity contribution is 5.91. The number of nitrogens with zero attached hydrogens (tertiary/aromatic N) is 3. The topological polar surface area (TPSA) is 50.7 Å². The van der Waals surface area contributed by atoms with Crippen LogP contribution in [0.4, 0.5) is 10.2 Å². The largest absolute Gasteiger partial charge is 0.371 e. The van der Waals surface area contributed by atoms with Gasteiger partial charge in [0.1, 0.15) is 0 Å². The summed E-state index contributed by atoms with van der Waals surface area (Å²) in [5.74, 6) is 0.238. The number of benzene rings is 1. The zero-order valence-electron chi connectivity index (χ0n) is 11.2. The molecule has 0 saturated heterocycles. The first-order valence-corrected chi connectivity index (χ1v) is 6.26. The molecular formula is C15H13FN4. The lowest BCUT2D eigenvalue weighted by atomic mass is 10.1. The molecule has 1 N–H and O–H groups in total. The third-order valence-electron chi connectivity index (χ3n) is 3.13. The Hall–Kier alpha value is -2.56. The second-order valence-electron chi connectivity index (χ2n) is 4.43. The summed E-state index contributed by atoms with van der Waals surface area (Å²) < 4.78 is 13.8. The Morgan fingerprint density at radius 1 is 1.10 bits per heavy atom. The maximum absolute atomic E-state index is 13.8. The number of hydrogen-bond donors (Lipinski definition) is 1. The Morgan fingerprint density at radius 2 is 1.90 bits per heavy atom. The Kier molecular flexibility index (Phi) is 3.02. The molecule has 0 saturated carbocycles. The normalized spacial score (nSPS) is 10.8. The lowest BCUT2D eigenvalue weighted by Gasteiger charge is -2.09. The maximum Gasteiger partial charge on any atom is 0.186 e. The second kappa shape index (κ2) is 4.85. The third-order valence-corrected chi connectivity index (χ3v) is 3.13. The number of aromatic nitrogens is 3. The molecule has 1 aromatic carbocycles. The summed E-state index contributed by atoms with van der Waals surface area (Å²) in [7, 11) is 1.63. The summed E-state index contributed by atoms with van der Waals surface area (Å²) >= 11 is 0. The van der Waals surface area contributed by atoms with Crippen LogP contribution in [0.15, 0.2) is 36.5 Å². The highest BCUT2D eigenvalue weighted by atomic mass is 19.1. The van der Waals surface area contributed by atoms with Crippen molar-refractivity contribution in [2.24, 2.45) is 0 Å². The molecule has 20 heavy (non-hydrogen) atoms. The fraction of sp³-hybridized carbons (Fsp3) is 0.133. The predicted molar refractivity (Wildman–Crippen MR) is 77.0 cm³/mol. The molecule has 0 aliphatic carbocycles. The van der Waals surface area contributed by atoms with Crippen molar-refractivity contribution in [3.05, 3.63) is 48.0 Å². The molecule has 0 amide bonds. The van der Waals surface area contributed by atoms with Gasteiger partial charge in [-0.05, 0) is 19.1 Å². The minimum Gasteiger partial charge on any atom is -0.371 e. The molecular weight excluding hydrogens is 255 g/mol. The van der Waals surface area contributed by atoms with E-state index >= 15 is 0 Å². The van der Waals surface area contributed by atoms with Gasteiger partial charge in [-0.2, -0.15) is 0 Å². The van der Waals surface area contributed by atoms with E-state index in [4.69, 9.17) is 0 Å². The van der Waals surface area contributed by atoms with Crippen molar-refractivity contribution in [1.29, 1.82) is 0 Å². The van der Waals surface area contributed by atoms with Crippen LogP contribution in [0, 0.1) is 12.7 Å². The molecule has 0 atom stereocenters. The van der Waals surface area contributed by atoms with E-state index in [0.29, 0.717) is 11.5 Å². The van der Waals surface area contributed by atoms with Gasteiger partial charge in [0, 0.05) is 24.2 Å². The van der Waals surface area contributed by atoms with Gasteiger partial charge in [0.2, 0.25) is 0 Å². The zero-order valence-corrected chi connectivity index (χ0v) is 11.2. The van der Waals surface area contributed by atoms with Crippen LogP contribution in [0.2, 0.25) is 0 Å². The van der Waals surface area contributed by atoms with E-state index in [-0.39, 0.29) is 5.82 Å². The van der Waals surface area contributed by atoms with Crippen LogP contribution in [-0.4, -0.2) is 22.0 Å². The number of anilines is 1.